The molecule has 5 heteroatoms. The monoisotopic (exact) mass is 330 g/mol. The fourth-order valence-corrected chi connectivity index (χ4v) is 3.06. The molecule has 0 unspecified atom stereocenters. The van der Waals surface area contributed by atoms with Crippen molar-refractivity contribution in [3.63, 3.8) is 0 Å². The number of benzene rings is 1. The summed E-state index contributed by atoms with van der Waals surface area (Å²) in [5.41, 5.74) is 0.590. The van der Waals surface area contributed by atoms with Gasteiger partial charge in [-0.05, 0) is 12.8 Å². The average Bonchev–Trinajstić information content (AvgIpc) is 2.57. The van der Waals surface area contributed by atoms with Crippen LogP contribution < -0.4 is 15.1 Å². The third kappa shape index (κ3) is 5.05. The Morgan fingerprint density at radius 1 is 1.21 bits per heavy atom. The Balaban J connectivity index is 1.77. The number of amides is 1. The Labute approximate surface area is 145 Å². The Hall–Kier alpha value is -1.90. The van der Waals surface area contributed by atoms with E-state index in [1.165, 1.54) is 10.5 Å². The summed E-state index contributed by atoms with van der Waals surface area (Å²) in [6.07, 6.45) is 0. The Bertz CT molecular complexity index is 573. The molecule has 1 atom stereocenters. The van der Waals surface area contributed by atoms with Crippen LogP contribution in [0.5, 0.6) is 0 Å². The smallest absolute Gasteiger partial charge is 0.276 e. The highest BCUT2D eigenvalue weighted by atomic mass is 16.2. The fraction of sp³-hybridized carbons (Fsp3) is 0.579. The third-order valence-electron chi connectivity index (χ3n) is 5.16. The van der Waals surface area contributed by atoms with E-state index in [1.807, 2.05) is 19.9 Å². The standard InChI is InChI=1S/C19H28N4O/c1-16(2)19(3,15-20)21-18(24)14-23-11-9-22(10-12-23)13-17-7-5-4-6-8-17/h4-8,16H,9-14H2,1-3H3,(H,21,24)/p+2/t19-/m0/s1. The van der Waals surface area contributed by atoms with E-state index in [-0.39, 0.29) is 11.8 Å². The number of nitrogens with zero attached hydrogens (tertiary/aromatic N) is 1. The molecule has 5 nitrogen and oxygen atoms in total. The van der Waals surface area contributed by atoms with Crippen molar-refractivity contribution in [1.29, 1.82) is 5.26 Å². The van der Waals surface area contributed by atoms with Gasteiger partial charge in [0.15, 0.2) is 6.54 Å². The lowest BCUT2D eigenvalue weighted by molar-refractivity contribution is -1.02. The lowest BCUT2D eigenvalue weighted by atomic mass is 9.90. The molecule has 0 bridgehead atoms. The van der Waals surface area contributed by atoms with Gasteiger partial charge in [-0.3, -0.25) is 4.79 Å². The summed E-state index contributed by atoms with van der Waals surface area (Å²) in [6, 6.07) is 12.8. The first-order valence-electron chi connectivity index (χ1n) is 8.86. The molecule has 0 aromatic heterocycles. The van der Waals surface area contributed by atoms with Crippen LogP contribution in [0.3, 0.4) is 0 Å². The molecule has 0 aliphatic carbocycles. The van der Waals surface area contributed by atoms with Crippen LogP contribution in [0.15, 0.2) is 30.3 Å². The van der Waals surface area contributed by atoms with Gasteiger partial charge < -0.3 is 15.1 Å². The molecule has 1 aliphatic rings. The van der Waals surface area contributed by atoms with Gasteiger partial charge in [-0.25, -0.2) is 0 Å². The van der Waals surface area contributed by atoms with Crippen molar-refractivity contribution >= 4 is 5.91 Å². The molecule has 1 heterocycles. The molecule has 0 radical (unpaired) electrons. The van der Waals surface area contributed by atoms with Gasteiger partial charge in [-0.1, -0.05) is 44.2 Å². The molecule has 1 aromatic rings. The van der Waals surface area contributed by atoms with Crippen molar-refractivity contribution in [3.05, 3.63) is 35.9 Å². The highest BCUT2D eigenvalue weighted by molar-refractivity contribution is 5.78. The number of nitriles is 1. The summed E-state index contributed by atoms with van der Waals surface area (Å²) in [5.74, 6) is 0.0721. The van der Waals surface area contributed by atoms with E-state index < -0.39 is 5.54 Å². The van der Waals surface area contributed by atoms with Gasteiger partial charge in [0.25, 0.3) is 5.91 Å². The Morgan fingerprint density at radius 2 is 1.79 bits per heavy atom. The molecule has 1 aromatic carbocycles. The van der Waals surface area contributed by atoms with E-state index in [2.05, 4.69) is 35.7 Å². The van der Waals surface area contributed by atoms with E-state index in [0.29, 0.717) is 6.54 Å². The predicted octanol–water partition coefficient (Wildman–Crippen LogP) is -0.976. The summed E-state index contributed by atoms with van der Waals surface area (Å²) in [4.78, 5) is 15.2. The van der Waals surface area contributed by atoms with Gasteiger partial charge >= 0.3 is 0 Å². The summed E-state index contributed by atoms with van der Waals surface area (Å²) in [6.45, 7) is 11.4. The zero-order valence-corrected chi connectivity index (χ0v) is 15.1. The van der Waals surface area contributed by atoms with Crippen molar-refractivity contribution < 1.29 is 14.6 Å². The summed E-state index contributed by atoms with van der Waals surface area (Å²) in [7, 11) is 0. The maximum Gasteiger partial charge on any atom is 0.276 e. The van der Waals surface area contributed by atoms with Gasteiger partial charge in [0, 0.05) is 5.56 Å². The largest absolute Gasteiger partial charge is 0.333 e. The minimum Gasteiger partial charge on any atom is -0.333 e. The number of nitrogens with one attached hydrogen (secondary N) is 3. The minimum absolute atomic E-state index is 0.0192. The van der Waals surface area contributed by atoms with Crippen LogP contribution in [0, 0.1) is 17.2 Å². The van der Waals surface area contributed by atoms with Crippen molar-refractivity contribution in [1.82, 2.24) is 5.32 Å². The molecule has 24 heavy (non-hydrogen) atoms. The molecule has 1 aliphatic heterocycles. The molecule has 130 valence electrons. The van der Waals surface area contributed by atoms with Crippen LogP contribution in [0.1, 0.15) is 26.3 Å². The Morgan fingerprint density at radius 3 is 2.33 bits per heavy atom. The SMILES string of the molecule is CC(C)[C@](C)(C#N)NC(=O)C[NH+]1CC[NH+](Cc2ccccc2)CC1. The molecule has 1 saturated heterocycles. The van der Waals surface area contributed by atoms with Gasteiger partial charge in [0.1, 0.15) is 38.3 Å². The van der Waals surface area contributed by atoms with Crippen LogP contribution in [-0.4, -0.2) is 44.2 Å². The van der Waals surface area contributed by atoms with Gasteiger partial charge in [0.2, 0.25) is 0 Å². The number of hydrogen-bond acceptors (Lipinski definition) is 2. The number of quaternary nitrogens is 2. The zero-order valence-electron chi connectivity index (χ0n) is 15.1. The van der Waals surface area contributed by atoms with Crippen LogP contribution in [-0.2, 0) is 11.3 Å². The quantitative estimate of drug-likeness (QED) is 0.628. The third-order valence-corrected chi connectivity index (χ3v) is 5.16. The molecule has 3 N–H and O–H groups in total. The molecule has 1 amide bonds. The second-order valence-corrected chi connectivity index (χ2v) is 7.36. The fourth-order valence-electron chi connectivity index (χ4n) is 3.06. The number of rotatable bonds is 6. The van der Waals surface area contributed by atoms with Gasteiger partial charge in [0.05, 0.1) is 6.07 Å². The number of piperazine rings is 1. The highest BCUT2D eigenvalue weighted by Crippen LogP contribution is 2.14. The zero-order chi connectivity index (χ0) is 17.6. The van der Waals surface area contributed by atoms with E-state index in [1.54, 1.807) is 11.8 Å². The molecular weight excluding hydrogens is 300 g/mol. The average molecular weight is 330 g/mol. The van der Waals surface area contributed by atoms with Crippen LogP contribution in [0.4, 0.5) is 0 Å². The lowest BCUT2D eigenvalue weighted by Gasteiger charge is -2.31. The molecule has 2 rings (SSSR count). The van der Waals surface area contributed by atoms with Crippen molar-refractivity contribution in [2.45, 2.75) is 32.9 Å². The first-order valence-corrected chi connectivity index (χ1v) is 8.86. The van der Waals surface area contributed by atoms with Crippen LogP contribution >= 0.6 is 0 Å². The van der Waals surface area contributed by atoms with Gasteiger partial charge in [-0.2, -0.15) is 5.26 Å². The molecule has 0 spiro atoms. The first-order chi connectivity index (χ1) is 11.4. The Kier molecular flexibility index (Phi) is 6.36. The maximum absolute atomic E-state index is 12.3. The van der Waals surface area contributed by atoms with E-state index in [9.17, 15) is 10.1 Å². The summed E-state index contributed by atoms with van der Waals surface area (Å²) >= 11 is 0. The summed E-state index contributed by atoms with van der Waals surface area (Å²) < 4.78 is 0. The van der Waals surface area contributed by atoms with Crippen molar-refractivity contribution in [2.24, 2.45) is 5.92 Å². The van der Waals surface area contributed by atoms with E-state index >= 15 is 0 Å². The number of carbonyl (C=O) groups is 1. The summed E-state index contributed by atoms with van der Waals surface area (Å²) in [5, 5.41) is 12.2. The molecule has 1 fully saturated rings. The van der Waals surface area contributed by atoms with E-state index in [4.69, 9.17) is 0 Å². The van der Waals surface area contributed by atoms with Crippen molar-refractivity contribution in [2.75, 3.05) is 32.7 Å². The van der Waals surface area contributed by atoms with E-state index in [0.717, 1.165) is 32.7 Å². The highest BCUT2D eigenvalue weighted by Gasteiger charge is 2.32. The number of carbonyl (C=O) groups excluding carboxylic acids is 1. The topological polar surface area (TPSA) is 61.8 Å². The predicted molar refractivity (Wildman–Crippen MR) is 93.4 cm³/mol. The maximum atomic E-state index is 12.3. The second-order valence-electron chi connectivity index (χ2n) is 7.36. The van der Waals surface area contributed by atoms with Crippen LogP contribution in [0.2, 0.25) is 0 Å². The van der Waals surface area contributed by atoms with Crippen LogP contribution in [0.25, 0.3) is 0 Å². The normalized spacial score (nSPS) is 23.3. The first kappa shape index (κ1) is 18.4. The molecular formula is C19H30N4O+2. The van der Waals surface area contributed by atoms with Gasteiger partial charge in [-0.15, -0.1) is 0 Å². The second kappa shape index (κ2) is 8.27. The minimum atomic E-state index is -0.781. The molecule has 0 saturated carbocycles. The lowest BCUT2D eigenvalue weighted by Crippen LogP contribution is -3.28. The van der Waals surface area contributed by atoms with Crippen molar-refractivity contribution in [3.8, 4) is 6.07 Å². The number of hydrogen-bond donors (Lipinski definition) is 3.